The quantitative estimate of drug-likeness (QED) is 0.682. The predicted molar refractivity (Wildman–Crippen MR) is 67.7 cm³/mol. The zero-order valence-corrected chi connectivity index (χ0v) is 10.9. The zero-order valence-electron chi connectivity index (χ0n) is 10.9. The molecule has 1 heterocycles. The third kappa shape index (κ3) is 5.77. The molecule has 0 aromatic carbocycles. The molecule has 0 aliphatic heterocycles. The highest BCUT2D eigenvalue weighted by Gasteiger charge is 2.09. The Morgan fingerprint density at radius 2 is 2.39 bits per heavy atom. The van der Waals surface area contributed by atoms with Crippen LogP contribution in [0.5, 0.6) is 0 Å². The van der Waals surface area contributed by atoms with Crippen LogP contribution in [0.2, 0.25) is 0 Å². The third-order valence-electron chi connectivity index (χ3n) is 3.00. The van der Waals surface area contributed by atoms with E-state index in [0.29, 0.717) is 37.7 Å². The standard InChI is InChI=1S/C12H22N4O2/c1-2-10(5-7-13)3-4-11(17)14-8-6-12-15-9-16-18-12/h9-10H,2-8,13H2,1H3,(H,14,17). The third-order valence-corrected chi connectivity index (χ3v) is 3.00. The Morgan fingerprint density at radius 3 is 3.00 bits per heavy atom. The number of aromatic nitrogens is 2. The first-order valence-corrected chi connectivity index (χ1v) is 6.48. The summed E-state index contributed by atoms with van der Waals surface area (Å²) in [6, 6.07) is 0. The van der Waals surface area contributed by atoms with Gasteiger partial charge in [-0.1, -0.05) is 18.5 Å². The minimum Gasteiger partial charge on any atom is -0.356 e. The molecule has 1 aromatic rings. The number of carbonyl (C=O) groups is 1. The van der Waals surface area contributed by atoms with Crippen molar-refractivity contribution in [2.45, 2.75) is 39.0 Å². The Labute approximate surface area is 107 Å². The van der Waals surface area contributed by atoms with E-state index in [1.54, 1.807) is 0 Å². The van der Waals surface area contributed by atoms with Crippen molar-refractivity contribution in [1.82, 2.24) is 15.5 Å². The molecule has 102 valence electrons. The van der Waals surface area contributed by atoms with Gasteiger partial charge >= 0.3 is 0 Å². The Morgan fingerprint density at radius 1 is 1.56 bits per heavy atom. The van der Waals surface area contributed by atoms with Crippen molar-refractivity contribution in [1.29, 1.82) is 0 Å². The highest BCUT2D eigenvalue weighted by molar-refractivity contribution is 5.75. The summed E-state index contributed by atoms with van der Waals surface area (Å²) in [5.74, 6) is 1.17. The number of nitrogens with two attached hydrogens (primary N) is 1. The van der Waals surface area contributed by atoms with Crippen LogP contribution in [0.4, 0.5) is 0 Å². The fourth-order valence-corrected chi connectivity index (χ4v) is 1.83. The minimum absolute atomic E-state index is 0.0741. The van der Waals surface area contributed by atoms with Crippen LogP contribution >= 0.6 is 0 Å². The normalized spacial score (nSPS) is 12.3. The second-order valence-electron chi connectivity index (χ2n) is 4.33. The van der Waals surface area contributed by atoms with E-state index < -0.39 is 0 Å². The number of carbonyl (C=O) groups excluding carboxylic acids is 1. The Balaban J connectivity index is 2.09. The van der Waals surface area contributed by atoms with E-state index in [1.807, 2.05) is 0 Å². The summed E-state index contributed by atoms with van der Waals surface area (Å²) < 4.78 is 4.84. The molecular formula is C12H22N4O2. The van der Waals surface area contributed by atoms with Gasteiger partial charge in [-0.3, -0.25) is 4.79 Å². The molecule has 0 saturated heterocycles. The van der Waals surface area contributed by atoms with Gasteiger partial charge in [0.2, 0.25) is 11.8 Å². The van der Waals surface area contributed by atoms with Gasteiger partial charge in [-0.15, -0.1) is 0 Å². The maximum Gasteiger partial charge on any atom is 0.228 e. The van der Waals surface area contributed by atoms with E-state index in [0.717, 1.165) is 19.3 Å². The number of nitrogens with zero attached hydrogens (tertiary/aromatic N) is 2. The molecule has 6 heteroatoms. The molecule has 3 N–H and O–H groups in total. The lowest BCUT2D eigenvalue weighted by Crippen LogP contribution is -2.26. The molecule has 1 amide bonds. The largest absolute Gasteiger partial charge is 0.356 e. The van der Waals surface area contributed by atoms with Gasteiger partial charge in [-0.05, 0) is 25.3 Å². The van der Waals surface area contributed by atoms with E-state index >= 15 is 0 Å². The minimum atomic E-state index is 0.0741. The van der Waals surface area contributed by atoms with Crippen molar-refractivity contribution in [2.24, 2.45) is 11.7 Å². The first-order chi connectivity index (χ1) is 8.76. The molecule has 0 bridgehead atoms. The van der Waals surface area contributed by atoms with Gasteiger partial charge in [-0.2, -0.15) is 4.98 Å². The predicted octanol–water partition coefficient (Wildman–Crippen LogP) is 0.884. The zero-order chi connectivity index (χ0) is 13.2. The molecule has 0 spiro atoms. The summed E-state index contributed by atoms with van der Waals surface area (Å²) in [5, 5.41) is 6.34. The van der Waals surface area contributed by atoms with Gasteiger partial charge in [0.15, 0.2) is 6.33 Å². The summed E-state index contributed by atoms with van der Waals surface area (Å²) in [4.78, 5) is 15.5. The van der Waals surface area contributed by atoms with Crippen molar-refractivity contribution in [3.8, 4) is 0 Å². The van der Waals surface area contributed by atoms with E-state index in [9.17, 15) is 4.79 Å². The van der Waals surface area contributed by atoms with Crippen LogP contribution in [0.15, 0.2) is 10.9 Å². The number of amides is 1. The topological polar surface area (TPSA) is 94.0 Å². The van der Waals surface area contributed by atoms with E-state index in [2.05, 4.69) is 22.4 Å². The average molecular weight is 254 g/mol. The monoisotopic (exact) mass is 254 g/mol. The molecule has 6 nitrogen and oxygen atoms in total. The van der Waals surface area contributed by atoms with Gasteiger partial charge in [0.05, 0.1) is 0 Å². The molecule has 0 radical (unpaired) electrons. The summed E-state index contributed by atoms with van der Waals surface area (Å²) in [5.41, 5.74) is 5.52. The number of hydrogen-bond donors (Lipinski definition) is 2. The van der Waals surface area contributed by atoms with Crippen LogP contribution in [0, 0.1) is 5.92 Å². The van der Waals surface area contributed by atoms with Crippen LogP contribution in [0.25, 0.3) is 0 Å². The second-order valence-corrected chi connectivity index (χ2v) is 4.33. The van der Waals surface area contributed by atoms with E-state index in [4.69, 9.17) is 10.3 Å². The molecule has 1 atom stereocenters. The highest BCUT2D eigenvalue weighted by atomic mass is 16.5. The highest BCUT2D eigenvalue weighted by Crippen LogP contribution is 2.14. The summed E-state index contributed by atoms with van der Waals surface area (Å²) in [7, 11) is 0. The van der Waals surface area contributed by atoms with Gasteiger partial charge in [0, 0.05) is 19.4 Å². The molecule has 0 fully saturated rings. The van der Waals surface area contributed by atoms with Crippen LogP contribution in [-0.4, -0.2) is 29.1 Å². The van der Waals surface area contributed by atoms with Gasteiger partial charge in [0.25, 0.3) is 0 Å². The summed E-state index contributed by atoms with van der Waals surface area (Å²) >= 11 is 0. The fourth-order valence-electron chi connectivity index (χ4n) is 1.83. The van der Waals surface area contributed by atoms with Crippen molar-refractivity contribution in [3.05, 3.63) is 12.2 Å². The molecular weight excluding hydrogens is 232 g/mol. The second kappa shape index (κ2) is 8.63. The lowest BCUT2D eigenvalue weighted by Gasteiger charge is -2.12. The molecule has 1 unspecified atom stereocenters. The van der Waals surface area contributed by atoms with Crippen molar-refractivity contribution in [3.63, 3.8) is 0 Å². The molecule has 18 heavy (non-hydrogen) atoms. The number of rotatable bonds is 9. The smallest absolute Gasteiger partial charge is 0.228 e. The first kappa shape index (κ1) is 14.6. The summed E-state index contributed by atoms with van der Waals surface area (Å²) in [6.07, 6.45) is 5.46. The molecule has 0 aliphatic carbocycles. The van der Waals surface area contributed by atoms with E-state index in [-0.39, 0.29) is 5.91 Å². The van der Waals surface area contributed by atoms with Gasteiger partial charge in [0.1, 0.15) is 0 Å². The fraction of sp³-hybridized carbons (Fsp3) is 0.750. The number of hydrogen-bond acceptors (Lipinski definition) is 5. The summed E-state index contributed by atoms with van der Waals surface area (Å²) in [6.45, 7) is 3.36. The first-order valence-electron chi connectivity index (χ1n) is 6.48. The average Bonchev–Trinajstić information content (AvgIpc) is 2.87. The maximum atomic E-state index is 11.6. The van der Waals surface area contributed by atoms with Crippen LogP contribution in [-0.2, 0) is 11.2 Å². The van der Waals surface area contributed by atoms with Gasteiger partial charge in [-0.25, -0.2) is 0 Å². The van der Waals surface area contributed by atoms with E-state index in [1.165, 1.54) is 6.33 Å². The van der Waals surface area contributed by atoms with Gasteiger partial charge < -0.3 is 15.6 Å². The SMILES string of the molecule is CCC(CCN)CCC(=O)NCCc1ncno1. The Bertz CT molecular complexity index is 327. The Hall–Kier alpha value is -1.43. The lowest BCUT2D eigenvalue weighted by atomic mass is 9.96. The van der Waals surface area contributed by atoms with Crippen molar-refractivity contribution >= 4 is 5.91 Å². The molecule has 0 aliphatic rings. The number of nitrogens with one attached hydrogen (secondary N) is 1. The van der Waals surface area contributed by atoms with Crippen molar-refractivity contribution < 1.29 is 9.32 Å². The molecule has 1 aromatic heterocycles. The molecule has 0 saturated carbocycles. The lowest BCUT2D eigenvalue weighted by molar-refractivity contribution is -0.121. The van der Waals surface area contributed by atoms with Crippen molar-refractivity contribution in [2.75, 3.05) is 13.1 Å². The molecule has 1 rings (SSSR count). The van der Waals surface area contributed by atoms with Crippen LogP contribution in [0.1, 0.15) is 38.5 Å². The van der Waals surface area contributed by atoms with Crippen LogP contribution in [0.3, 0.4) is 0 Å². The van der Waals surface area contributed by atoms with Crippen LogP contribution < -0.4 is 11.1 Å². The maximum absolute atomic E-state index is 11.6. The Kier molecular flexibility index (Phi) is 7.01.